The summed E-state index contributed by atoms with van der Waals surface area (Å²) in [6.07, 6.45) is 4.30. The molecule has 0 saturated heterocycles. The fourth-order valence-corrected chi connectivity index (χ4v) is 3.13. The Labute approximate surface area is 157 Å². The third-order valence-corrected chi connectivity index (χ3v) is 4.37. The van der Waals surface area contributed by atoms with Crippen LogP contribution in [0.15, 0.2) is 54.9 Å². The highest BCUT2D eigenvalue weighted by atomic mass is 16.5. The fraction of sp³-hybridized carbons (Fsp3) is 0.238. The van der Waals surface area contributed by atoms with Crippen LogP contribution < -0.4 is 4.74 Å². The molecule has 0 unspecified atom stereocenters. The maximum atomic E-state index is 9.95. The second-order valence-electron chi connectivity index (χ2n) is 7.30. The molecule has 4 rings (SSSR count). The highest BCUT2D eigenvalue weighted by Gasteiger charge is 2.15. The van der Waals surface area contributed by atoms with Crippen LogP contribution >= 0.6 is 0 Å². The minimum Gasteiger partial charge on any atom is -0.482 e. The molecule has 0 radical (unpaired) electrons. The van der Waals surface area contributed by atoms with Crippen LogP contribution in [0, 0.1) is 0 Å². The summed E-state index contributed by atoms with van der Waals surface area (Å²) in [7, 11) is 1.63. The van der Waals surface area contributed by atoms with E-state index in [2.05, 4.69) is 10.1 Å². The molecule has 6 heteroatoms. The monoisotopic (exact) mass is 362 g/mol. The molecule has 2 N–H and O–H groups in total. The van der Waals surface area contributed by atoms with Gasteiger partial charge in [-0.2, -0.15) is 5.10 Å². The molecule has 0 spiro atoms. The Kier molecular flexibility index (Phi) is 4.20. The summed E-state index contributed by atoms with van der Waals surface area (Å²) >= 11 is 0. The van der Waals surface area contributed by atoms with Gasteiger partial charge >= 0.3 is 0 Å². The lowest BCUT2D eigenvalue weighted by molar-refractivity contribution is 0.0810. The zero-order valence-corrected chi connectivity index (χ0v) is 15.6. The van der Waals surface area contributed by atoms with Gasteiger partial charge in [0.05, 0.1) is 41.3 Å². The molecule has 0 aliphatic carbocycles. The van der Waals surface area contributed by atoms with Crippen LogP contribution in [0.25, 0.3) is 28.0 Å². The number of fused-ring (bicyclic) bond motifs is 1. The molecule has 1 aromatic carbocycles. The number of aliphatic hydroxyl groups is 1. The van der Waals surface area contributed by atoms with E-state index in [9.17, 15) is 5.11 Å². The van der Waals surface area contributed by atoms with E-state index in [1.54, 1.807) is 27.2 Å². The Balaban J connectivity index is 1.59. The summed E-state index contributed by atoms with van der Waals surface area (Å²) in [5.74, 6) is 0.700. The number of hydrogen-bond donors (Lipinski definition) is 2. The third-order valence-electron chi connectivity index (χ3n) is 4.37. The molecule has 0 atom stereocenters. The fourth-order valence-electron chi connectivity index (χ4n) is 3.13. The van der Waals surface area contributed by atoms with Gasteiger partial charge in [0.15, 0.2) is 5.88 Å². The second-order valence-corrected chi connectivity index (χ2v) is 7.30. The van der Waals surface area contributed by atoms with Crippen molar-refractivity contribution in [2.75, 3.05) is 7.11 Å². The molecule has 0 aliphatic rings. The van der Waals surface area contributed by atoms with Crippen LogP contribution in [-0.4, -0.2) is 37.6 Å². The standard InChI is InChI=1S/C21H22N4O2/c1-21(2,26)11-14-12-22-25(13-14)16-6-4-15(5-7-16)17-8-9-18-19(23-17)10-20(24-18)27-3/h4-10,12-13,24,26H,11H2,1-3H3. The average molecular weight is 362 g/mol. The molecule has 0 fully saturated rings. The van der Waals surface area contributed by atoms with Gasteiger partial charge in [0.1, 0.15) is 0 Å². The SMILES string of the molecule is COc1cc2nc(-c3ccc(-n4cc(CC(C)(C)O)cn4)cc3)ccc2[nH]1. The number of pyridine rings is 1. The second kappa shape index (κ2) is 6.55. The van der Waals surface area contributed by atoms with Gasteiger partial charge in [-0.25, -0.2) is 9.67 Å². The largest absolute Gasteiger partial charge is 0.482 e. The van der Waals surface area contributed by atoms with Crippen molar-refractivity contribution in [3.63, 3.8) is 0 Å². The predicted octanol–water partition coefficient (Wildman–Crippen LogP) is 3.74. The van der Waals surface area contributed by atoms with Crippen molar-refractivity contribution in [2.24, 2.45) is 0 Å². The molecule has 0 amide bonds. The van der Waals surface area contributed by atoms with Crippen molar-refractivity contribution in [3.8, 4) is 22.8 Å². The minimum atomic E-state index is -0.747. The summed E-state index contributed by atoms with van der Waals surface area (Å²) in [5, 5.41) is 14.3. The summed E-state index contributed by atoms with van der Waals surface area (Å²) in [4.78, 5) is 7.86. The molecular weight excluding hydrogens is 340 g/mol. The quantitative estimate of drug-likeness (QED) is 0.567. The zero-order valence-electron chi connectivity index (χ0n) is 15.6. The Morgan fingerprint density at radius 3 is 2.63 bits per heavy atom. The van der Waals surface area contributed by atoms with Crippen LogP contribution in [-0.2, 0) is 6.42 Å². The summed E-state index contributed by atoms with van der Waals surface area (Å²) in [6.45, 7) is 3.59. The van der Waals surface area contributed by atoms with Crippen molar-refractivity contribution in [2.45, 2.75) is 25.9 Å². The van der Waals surface area contributed by atoms with Crippen LogP contribution in [0.5, 0.6) is 5.88 Å². The molecule has 6 nitrogen and oxygen atoms in total. The predicted molar refractivity (Wildman–Crippen MR) is 105 cm³/mol. The smallest absolute Gasteiger partial charge is 0.193 e. The summed E-state index contributed by atoms with van der Waals surface area (Å²) in [5.41, 5.74) is 4.97. The van der Waals surface area contributed by atoms with E-state index in [1.165, 1.54) is 0 Å². The van der Waals surface area contributed by atoms with Gasteiger partial charge in [0, 0.05) is 24.2 Å². The Bertz CT molecular complexity index is 1070. The normalized spacial score (nSPS) is 11.9. The lowest BCUT2D eigenvalue weighted by atomic mass is 10.0. The van der Waals surface area contributed by atoms with Crippen LogP contribution in [0.1, 0.15) is 19.4 Å². The van der Waals surface area contributed by atoms with Gasteiger partial charge in [-0.1, -0.05) is 12.1 Å². The molecule has 0 bridgehead atoms. The van der Waals surface area contributed by atoms with Gasteiger partial charge in [-0.15, -0.1) is 0 Å². The molecule has 138 valence electrons. The van der Waals surface area contributed by atoms with Crippen molar-refractivity contribution < 1.29 is 9.84 Å². The number of nitrogens with zero attached hydrogens (tertiary/aromatic N) is 3. The molecular formula is C21H22N4O2. The van der Waals surface area contributed by atoms with E-state index in [0.717, 1.165) is 33.5 Å². The Hall–Kier alpha value is -3.12. The first-order chi connectivity index (χ1) is 12.9. The van der Waals surface area contributed by atoms with E-state index in [1.807, 2.05) is 53.3 Å². The summed E-state index contributed by atoms with van der Waals surface area (Å²) < 4.78 is 7.04. The maximum absolute atomic E-state index is 9.95. The molecule has 3 heterocycles. The Morgan fingerprint density at radius 1 is 1.15 bits per heavy atom. The van der Waals surface area contributed by atoms with Gasteiger partial charge < -0.3 is 14.8 Å². The van der Waals surface area contributed by atoms with E-state index in [0.29, 0.717) is 12.3 Å². The lowest BCUT2D eigenvalue weighted by Crippen LogP contribution is -2.21. The first-order valence-corrected chi connectivity index (χ1v) is 8.82. The van der Waals surface area contributed by atoms with Crippen molar-refractivity contribution >= 4 is 11.0 Å². The number of aromatic amines is 1. The first kappa shape index (κ1) is 17.3. The Morgan fingerprint density at radius 2 is 1.93 bits per heavy atom. The number of nitrogens with one attached hydrogen (secondary N) is 1. The molecule has 0 saturated carbocycles. The minimum absolute atomic E-state index is 0.565. The highest BCUT2D eigenvalue weighted by Crippen LogP contribution is 2.24. The van der Waals surface area contributed by atoms with Crippen LogP contribution in [0.3, 0.4) is 0 Å². The van der Waals surface area contributed by atoms with Crippen molar-refractivity contribution in [1.82, 2.24) is 19.7 Å². The van der Waals surface area contributed by atoms with E-state index in [-0.39, 0.29) is 0 Å². The molecule has 0 aliphatic heterocycles. The first-order valence-electron chi connectivity index (χ1n) is 8.82. The van der Waals surface area contributed by atoms with E-state index in [4.69, 9.17) is 9.72 Å². The number of methoxy groups -OCH3 is 1. The van der Waals surface area contributed by atoms with Gasteiger partial charge in [0.2, 0.25) is 0 Å². The van der Waals surface area contributed by atoms with Crippen LogP contribution in [0.2, 0.25) is 0 Å². The zero-order chi connectivity index (χ0) is 19.0. The number of hydrogen-bond acceptors (Lipinski definition) is 4. The van der Waals surface area contributed by atoms with Gasteiger partial charge in [-0.05, 0) is 43.7 Å². The maximum Gasteiger partial charge on any atom is 0.193 e. The van der Waals surface area contributed by atoms with Crippen molar-refractivity contribution in [3.05, 3.63) is 60.4 Å². The molecule has 4 aromatic rings. The lowest BCUT2D eigenvalue weighted by Gasteiger charge is -2.14. The van der Waals surface area contributed by atoms with E-state index >= 15 is 0 Å². The van der Waals surface area contributed by atoms with Gasteiger partial charge in [0.25, 0.3) is 0 Å². The van der Waals surface area contributed by atoms with Crippen molar-refractivity contribution in [1.29, 1.82) is 0 Å². The van der Waals surface area contributed by atoms with E-state index < -0.39 is 5.60 Å². The van der Waals surface area contributed by atoms with Crippen LogP contribution in [0.4, 0.5) is 0 Å². The number of rotatable bonds is 5. The highest BCUT2D eigenvalue weighted by molar-refractivity contribution is 5.80. The third kappa shape index (κ3) is 3.71. The van der Waals surface area contributed by atoms with Gasteiger partial charge in [-0.3, -0.25) is 0 Å². The molecule has 3 aromatic heterocycles. The molecule has 27 heavy (non-hydrogen) atoms. The number of H-pyrrole nitrogens is 1. The number of benzene rings is 1. The average Bonchev–Trinajstić information content (AvgIpc) is 3.26. The topological polar surface area (TPSA) is 76.0 Å². The summed E-state index contributed by atoms with van der Waals surface area (Å²) in [6, 6.07) is 14.0. The number of ether oxygens (including phenoxy) is 1. The number of aromatic nitrogens is 4.